The van der Waals surface area contributed by atoms with Crippen molar-refractivity contribution in [2.45, 2.75) is 13.0 Å². The van der Waals surface area contributed by atoms with Gasteiger partial charge in [0.05, 0.1) is 11.1 Å². The van der Waals surface area contributed by atoms with Gasteiger partial charge in [0.25, 0.3) is 11.8 Å². The number of anilines is 2. The highest BCUT2D eigenvalue weighted by atomic mass is 16.5. The van der Waals surface area contributed by atoms with Crippen molar-refractivity contribution in [2.75, 3.05) is 17.3 Å². The molecule has 0 saturated heterocycles. The highest BCUT2D eigenvalue weighted by Crippen LogP contribution is 2.19. The van der Waals surface area contributed by atoms with E-state index >= 15 is 0 Å². The molecule has 0 saturated carbocycles. The number of carbonyl (C=O) groups is 4. The number of carbonyl (C=O) groups excluding carboxylic acids is 4. The van der Waals surface area contributed by atoms with E-state index in [1.54, 1.807) is 43.4 Å². The van der Waals surface area contributed by atoms with Gasteiger partial charge >= 0.3 is 5.97 Å². The number of ether oxygens (including phenoxy) is 1. The summed E-state index contributed by atoms with van der Waals surface area (Å²) in [6.45, 7) is 1.42. The molecule has 3 rings (SSSR count). The third kappa shape index (κ3) is 5.62. The van der Waals surface area contributed by atoms with Crippen molar-refractivity contribution < 1.29 is 23.9 Å². The quantitative estimate of drug-likeness (QED) is 0.541. The number of nitrogens with one attached hydrogen (secondary N) is 1. The van der Waals surface area contributed by atoms with Gasteiger partial charge in [0.1, 0.15) is 0 Å². The summed E-state index contributed by atoms with van der Waals surface area (Å²) >= 11 is 0. The van der Waals surface area contributed by atoms with Crippen molar-refractivity contribution in [1.29, 1.82) is 0 Å². The van der Waals surface area contributed by atoms with E-state index in [1.807, 2.05) is 6.07 Å². The molecule has 1 atom stereocenters. The smallest absolute Gasteiger partial charge is 0.339 e. The minimum Gasteiger partial charge on any atom is -0.449 e. The fourth-order valence-corrected chi connectivity index (χ4v) is 3.04. The zero-order valence-electron chi connectivity index (χ0n) is 18.1. The van der Waals surface area contributed by atoms with Crippen LogP contribution in [0.3, 0.4) is 0 Å². The summed E-state index contributed by atoms with van der Waals surface area (Å²) in [4.78, 5) is 50.8. The molecule has 8 nitrogen and oxygen atoms in total. The monoisotopic (exact) mass is 445 g/mol. The average Bonchev–Trinajstić information content (AvgIpc) is 2.83. The lowest BCUT2D eigenvalue weighted by atomic mass is 10.1. The predicted molar refractivity (Wildman–Crippen MR) is 124 cm³/mol. The number of hydrogen-bond acceptors (Lipinski definition) is 5. The van der Waals surface area contributed by atoms with E-state index in [1.165, 1.54) is 48.2 Å². The second-order valence-corrected chi connectivity index (χ2v) is 7.22. The first-order valence-corrected chi connectivity index (χ1v) is 10.1. The SMILES string of the molecule is C[C@@H](OC(=O)c1ccccc1C(=O)N(C)c1ccccc1)C(=O)Nc1ccc(C(N)=O)cc1. The lowest BCUT2D eigenvalue weighted by molar-refractivity contribution is -0.123. The van der Waals surface area contributed by atoms with Crippen molar-refractivity contribution in [3.63, 3.8) is 0 Å². The van der Waals surface area contributed by atoms with Gasteiger partial charge in [-0.3, -0.25) is 14.4 Å². The van der Waals surface area contributed by atoms with Gasteiger partial charge in [-0.2, -0.15) is 0 Å². The van der Waals surface area contributed by atoms with Gasteiger partial charge < -0.3 is 20.7 Å². The molecule has 8 heteroatoms. The Balaban J connectivity index is 1.70. The molecular formula is C25H23N3O5. The van der Waals surface area contributed by atoms with Crippen LogP contribution in [0.15, 0.2) is 78.9 Å². The van der Waals surface area contributed by atoms with Crippen LogP contribution in [-0.2, 0) is 9.53 Å². The maximum atomic E-state index is 13.0. The van der Waals surface area contributed by atoms with Crippen LogP contribution in [0.25, 0.3) is 0 Å². The molecule has 3 N–H and O–H groups in total. The average molecular weight is 445 g/mol. The third-order valence-electron chi connectivity index (χ3n) is 4.92. The molecule has 0 heterocycles. The van der Waals surface area contributed by atoms with E-state index in [2.05, 4.69) is 5.32 Å². The van der Waals surface area contributed by atoms with Crippen LogP contribution in [0.2, 0.25) is 0 Å². The van der Waals surface area contributed by atoms with E-state index in [0.29, 0.717) is 16.9 Å². The molecular weight excluding hydrogens is 422 g/mol. The Labute approximate surface area is 191 Å². The van der Waals surface area contributed by atoms with Gasteiger partial charge in [-0.15, -0.1) is 0 Å². The number of amides is 3. The van der Waals surface area contributed by atoms with Crippen LogP contribution in [0.1, 0.15) is 38.0 Å². The van der Waals surface area contributed by atoms with Gasteiger partial charge in [0, 0.05) is 24.0 Å². The summed E-state index contributed by atoms with van der Waals surface area (Å²) in [7, 11) is 1.61. The van der Waals surface area contributed by atoms with Gasteiger partial charge in [0.15, 0.2) is 6.10 Å². The van der Waals surface area contributed by atoms with Gasteiger partial charge in [-0.05, 0) is 55.5 Å². The molecule has 0 bridgehead atoms. The first kappa shape index (κ1) is 23.2. The van der Waals surface area contributed by atoms with Crippen LogP contribution in [0.4, 0.5) is 11.4 Å². The lowest BCUT2D eigenvalue weighted by Gasteiger charge is -2.19. The zero-order valence-corrected chi connectivity index (χ0v) is 18.1. The van der Waals surface area contributed by atoms with Gasteiger partial charge in [-0.1, -0.05) is 30.3 Å². The Bertz CT molecular complexity index is 1180. The fourth-order valence-electron chi connectivity index (χ4n) is 3.04. The van der Waals surface area contributed by atoms with Crippen molar-refractivity contribution >= 4 is 35.1 Å². The molecule has 0 aliphatic heterocycles. The number of esters is 1. The molecule has 0 aliphatic rings. The summed E-state index contributed by atoms with van der Waals surface area (Å²) in [6.07, 6.45) is -1.14. The third-order valence-corrected chi connectivity index (χ3v) is 4.92. The summed E-state index contributed by atoms with van der Waals surface area (Å²) < 4.78 is 5.31. The first-order valence-electron chi connectivity index (χ1n) is 10.1. The van der Waals surface area contributed by atoms with Crippen molar-refractivity contribution in [2.24, 2.45) is 5.73 Å². The number of para-hydroxylation sites is 1. The molecule has 0 aliphatic carbocycles. The van der Waals surface area contributed by atoms with E-state index in [0.717, 1.165) is 0 Å². The molecule has 0 radical (unpaired) electrons. The Kier molecular flexibility index (Phi) is 7.20. The number of benzene rings is 3. The number of rotatable bonds is 7. The van der Waals surface area contributed by atoms with Crippen LogP contribution in [0.5, 0.6) is 0 Å². The normalized spacial score (nSPS) is 11.2. The zero-order chi connectivity index (χ0) is 24.0. The largest absolute Gasteiger partial charge is 0.449 e. The highest BCUT2D eigenvalue weighted by Gasteiger charge is 2.25. The summed E-state index contributed by atoms with van der Waals surface area (Å²) in [5.74, 6) is -2.34. The molecule has 0 spiro atoms. The van der Waals surface area contributed by atoms with Crippen molar-refractivity contribution in [3.8, 4) is 0 Å². The van der Waals surface area contributed by atoms with Crippen molar-refractivity contribution in [1.82, 2.24) is 0 Å². The minimum absolute atomic E-state index is 0.0516. The van der Waals surface area contributed by atoms with E-state index in [9.17, 15) is 19.2 Å². The molecule has 0 aromatic heterocycles. The second-order valence-electron chi connectivity index (χ2n) is 7.22. The number of primary amides is 1. The summed E-state index contributed by atoms with van der Waals surface area (Å²) in [5, 5.41) is 2.60. The number of hydrogen-bond donors (Lipinski definition) is 2. The predicted octanol–water partition coefficient (Wildman–Crippen LogP) is 3.25. The standard InChI is InChI=1S/C25H23N3O5/c1-16(23(30)27-18-14-12-17(13-15-18)22(26)29)33-25(32)21-11-7-6-10-20(21)24(31)28(2)19-8-4-3-5-9-19/h3-16H,1-2H3,(H2,26,29)(H,27,30)/t16-/m1/s1. The van der Waals surface area contributed by atoms with Gasteiger partial charge in [0.2, 0.25) is 5.91 Å². The summed E-state index contributed by atoms with van der Waals surface area (Å²) in [5.41, 5.74) is 6.78. The molecule has 3 aromatic carbocycles. The Morgan fingerprint density at radius 3 is 2.03 bits per heavy atom. The van der Waals surface area contributed by atoms with E-state index in [-0.39, 0.29) is 17.0 Å². The molecule has 168 valence electrons. The Morgan fingerprint density at radius 1 is 0.848 bits per heavy atom. The fraction of sp³-hybridized carbons (Fsp3) is 0.120. The lowest BCUT2D eigenvalue weighted by Crippen LogP contribution is -2.32. The molecule has 0 unspecified atom stereocenters. The molecule has 33 heavy (non-hydrogen) atoms. The summed E-state index contributed by atoms with van der Waals surface area (Å²) in [6, 6.07) is 21.2. The Morgan fingerprint density at radius 2 is 1.42 bits per heavy atom. The maximum Gasteiger partial charge on any atom is 0.339 e. The maximum absolute atomic E-state index is 13.0. The number of nitrogens with zero attached hydrogens (tertiary/aromatic N) is 1. The van der Waals surface area contributed by atoms with Gasteiger partial charge in [-0.25, -0.2) is 4.79 Å². The van der Waals surface area contributed by atoms with Crippen molar-refractivity contribution in [3.05, 3.63) is 95.6 Å². The number of nitrogens with two attached hydrogens (primary N) is 1. The van der Waals surface area contributed by atoms with Crippen LogP contribution < -0.4 is 16.0 Å². The van der Waals surface area contributed by atoms with Crippen LogP contribution >= 0.6 is 0 Å². The van der Waals surface area contributed by atoms with Crippen LogP contribution in [0, 0.1) is 0 Å². The van der Waals surface area contributed by atoms with E-state index < -0.39 is 23.9 Å². The second kappa shape index (κ2) is 10.2. The molecule has 3 aromatic rings. The molecule has 0 fully saturated rings. The Hall–Kier alpha value is -4.46. The first-order chi connectivity index (χ1) is 15.8. The highest BCUT2D eigenvalue weighted by molar-refractivity contribution is 6.12. The van der Waals surface area contributed by atoms with Crippen LogP contribution in [-0.4, -0.2) is 36.8 Å². The molecule has 3 amide bonds. The minimum atomic E-state index is -1.14. The topological polar surface area (TPSA) is 119 Å². The van der Waals surface area contributed by atoms with E-state index in [4.69, 9.17) is 10.5 Å².